The van der Waals surface area contributed by atoms with Gasteiger partial charge in [-0.05, 0) is 32.3 Å². The topological polar surface area (TPSA) is 94.1 Å². The maximum atomic E-state index is 13.8. The number of nitrogens with one attached hydrogen (secondary N) is 1. The zero-order chi connectivity index (χ0) is 21.1. The number of anilines is 1. The van der Waals surface area contributed by atoms with Gasteiger partial charge in [0.1, 0.15) is 5.82 Å². The van der Waals surface area contributed by atoms with E-state index in [1.165, 1.54) is 15.2 Å². The molecule has 0 bridgehead atoms. The van der Waals surface area contributed by atoms with Crippen LogP contribution in [0.4, 0.5) is 10.3 Å². The minimum absolute atomic E-state index is 0.200. The Balaban J connectivity index is 1.91. The average molecular weight is 403 g/mol. The van der Waals surface area contributed by atoms with E-state index >= 15 is 0 Å². The van der Waals surface area contributed by atoms with Crippen LogP contribution in [0.15, 0.2) is 33.9 Å². The number of imidazole rings is 1. The van der Waals surface area contributed by atoms with E-state index < -0.39 is 17.4 Å². The van der Waals surface area contributed by atoms with Gasteiger partial charge in [-0.2, -0.15) is 4.98 Å². The van der Waals surface area contributed by atoms with Crippen molar-refractivity contribution < 1.29 is 9.50 Å². The third kappa shape index (κ3) is 4.24. The monoisotopic (exact) mass is 403 g/mol. The molecule has 0 radical (unpaired) electrons. The first-order valence-corrected chi connectivity index (χ1v) is 9.62. The van der Waals surface area contributed by atoms with Crippen molar-refractivity contribution in [1.82, 2.24) is 18.7 Å². The molecule has 29 heavy (non-hydrogen) atoms. The molecule has 3 rings (SSSR count). The summed E-state index contributed by atoms with van der Waals surface area (Å²) in [6.07, 6.45) is 1.54. The van der Waals surface area contributed by atoms with E-state index in [0.717, 1.165) is 0 Å². The maximum absolute atomic E-state index is 13.8. The minimum Gasteiger partial charge on any atom is -0.393 e. The molecular weight excluding hydrogens is 377 g/mol. The van der Waals surface area contributed by atoms with Gasteiger partial charge in [0, 0.05) is 32.7 Å². The van der Waals surface area contributed by atoms with Crippen molar-refractivity contribution in [3.63, 3.8) is 0 Å². The Morgan fingerprint density at radius 3 is 2.59 bits per heavy atom. The third-order valence-corrected chi connectivity index (χ3v) is 5.01. The molecule has 0 aliphatic carbocycles. The first-order valence-electron chi connectivity index (χ1n) is 9.62. The number of aryl methyl sites for hydroxylation is 2. The van der Waals surface area contributed by atoms with Crippen LogP contribution < -0.4 is 16.6 Å². The van der Waals surface area contributed by atoms with Crippen molar-refractivity contribution in [3.8, 4) is 0 Å². The Hall–Kier alpha value is -2.94. The van der Waals surface area contributed by atoms with Gasteiger partial charge in [-0.25, -0.2) is 9.18 Å². The molecule has 0 saturated carbocycles. The molecule has 0 spiro atoms. The summed E-state index contributed by atoms with van der Waals surface area (Å²) < 4.78 is 18.0. The Bertz CT molecular complexity index is 1130. The van der Waals surface area contributed by atoms with Crippen molar-refractivity contribution in [2.75, 3.05) is 5.32 Å². The van der Waals surface area contributed by atoms with Crippen LogP contribution in [0.5, 0.6) is 0 Å². The number of nitrogens with zero attached hydrogens (tertiary/aromatic N) is 4. The highest BCUT2D eigenvalue weighted by molar-refractivity contribution is 5.74. The summed E-state index contributed by atoms with van der Waals surface area (Å²) in [6.45, 7) is 2.19. The highest BCUT2D eigenvalue weighted by Gasteiger charge is 2.18. The number of unbranched alkanes of at least 4 members (excludes halogenated alkanes) is 1. The Labute approximate surface area is 167 Å². The summed E-state index contributed by atoms with van der Waals surface area (Å²) in [6, 6.07) is 6.41. The number of hydrogen-bond donors (Lipinski definition) is 2. The van der Waals surface area contributed by atoms with E-state index in [9.17, 15) is 19.1 Å². The quantitative estimate of drug-likeness (QED) is 0.559. The number of aromatic nitrogens is 4. The molecule has 2 aromatic heterocycles. The number of rotatable bonds is 8. The second kappa shape index (κ2) is 8.60. The van der Waals surface area contributed by atoms with Gasteiger partial charge in [0.25, 0.3) is 5.56 Å². The largest absolute Gasteiger partial charge is 0.393 e. The predicted octanol–water partition coefficient (Wildman–Crippen LogP) is 1.74. The summed E-state index contributed by atoms with van der Waals surface area (Å²) in [7, 11) is 3.26. The lowest BCUT2D eigenvalue weighted by Crippen LogP contribution is -2.39. The van der Waals surface area contributed by atoms with Crippen LogP contribution in [0.1, 0.15) is 31.7 Å². The minimum atomic E-state index is -0.432. The summed E-state index contributed by atoms with van der Waals surface area (Å²) in [5.74, 6) is 0.0490. The lowest BCUT2D eigenvalue weighted by Gasteiger charge is -2.09. The molecule has 0 fully saturated rings. The van der Waals surface area contributed by atoms with Crippen LogP contribution in [-0.4, -0.2) is 29.9 Å². The molecule has 0 aliphatic rings. The highest BCUT2D eigenvalue weighted by Crippen LogP contribution is 2.15. The van der Waals surface area contributed by atoms with E-state index in [-0.39, 0.29) is 24.6 Å². The molecule has 1 aromatic carbocycles. The standard InChI is InChI=1S/C20H26FN5O3/c1-13(27)8-6-7-11-26-18(28)16-17(25(3)20(26)29)23-19(24(16)2)22-12-14-9-4-5-10-15(14)21/h4-5,9-10,13,27H,6-8,11-12H2,1-3H3,(H,22,23). The molecule has 0 aliphatic heterocycles. The molecule has 0 saturated heterocycles. The fraction of sp³-hybridized carbons (Fsp3) is 0.450. The van der Waals surface area contributed by atoms with Gasteiger partial charge < -0.3 is 15.0 Å². The molecule has 2 heterocycles. The summed E-state index contributed by atoms with van der Waals surface area (Å²) in [4.78, 5) is 30.0. The van der Waals surface area contributed by atoms with Gasteiger partial charge in [-0.1, -0.05) is 18.2 Å². The van der Waals surface area contributed by atoms with Crippen LogP contribution in [0, 0.1) is 5.82 Å². The fourth-order valence-corrected chi connectivity index (χ4v) is 3.32. The molecule has 1 unspecified atom stereocenters. The Morgan fingerprint density at radius 1 is 1.17 bits per heavy atom. The molecule has 1 atom stereocenters. The summed E-state index contributed by atoms with van der Waals surface area (Å²) in [5, 5.41) is 12.4. The van der Waals surface area contributed by atoms with Gasteiger partial charge in [0.15, 0.2) is 11.2 Å². The van der Waals surface area contributed by atoms with Gasteiger partial charge >= 0.3 is 5.69 Å². The zero-order valence-corrected chi connectivity index (χ0v) is 16.9. The van der Waals surface area contributed by atoms with E-state index in [1.807, 2.05) is 0 Å². The number of hydrogen-bond acceptors (Lipinski definition) is 5. The van der Waals surface area contributed by atoms with Crippen LogP contribution >= 0.6 is 0 Å². The maximum Gasteiger partial charge on any atom is 0.332 e. The average Bonchev–Trinajstić information content (AvgIpc) is 3.01. The smallest absolute Gasteiger partial charge is 0.332 e. The van der Waals surface area contributed by atoms with E-state index in [1.54, 1.807) is 43.8 Å². The zero-order valence-electron chi connectivity index (χ0n) is 16.9. The molecule has 2 N–H and O–H groups in total. The van der Waals surface area contributed by atoms with Gasteiger partial charge in [-0.15, -0.1) is 0 Å². The molecule has 156 valence electrons. The van der Waals surface area contributed by atoms with E-state index in [4.69, 9.17) is 0 Å². The number of aliphatic hydroxyl groups is 1. The molecule has 8 nitrogen and oxygen atoms in total. The molecule has 3 aromatic rings. The molecule has 9 heteroatoms. The fourth-order valence-electron chi connectivity index (χ4n) is 3.32. The lowest BCUT2D eigenvalue weighted by atomic mass is 10.2. The summed E-state index contributed by atoms with van der Waals surface area (Å²) >= 11 is 0. The number of fused-ring (bicyclic) bond motifs is 1. The number of halogens is 1. The van der Waals surface area contributed by atoms with Crippen LogP contribution in [-0.2, 0) is 27.2 Å². The first-order chi connectivity index (χ1) is 13.8. The van der Waals surface area contributed by atoms with Crippen molar-refractivity contribution in [3.05, 3.63) is 56.5 Å². The third-order valence-electron chi connectivity index (χ3n) is 5.01. The number of aliphatic hydroxyl groups excluding tert-OH is 1. The van der Waals surface area contributed by atoms with Gasteiger partial charge in [-0.3, -0.25) is 13.9 Å². The highest BCUT2D eigenvalue weighted by atomic mass is 19.1. The van der Waals surface area contributed by atoms with Crippen molar-refractivity contribution >= 4 is 17.1 Å². The SMILES string of the molecule is CC(O)CCCCn1c(=O)c2c(nc(NCc3ccccc3F)n2C)n(C)c1=O. The predicted molar refractivity (Wildman–Crippen MR) is 109 cm³/mol. The van der Waals surface area contributed by atoms with Crippen LogP contribution in [0.3, 0.4) is 0 Å². The Morgan fingerprint density at radius 2 is 1.90 bits per heavy atom. The first kappa shape index (κ1) is 20.8. The van der Waals surface area contributed by atoms with Gasteiger partial charge in [0.05, 0.1) is 6.10 Å². The van der Waals surface area contributed by atoms with E-state index in [2.05, 4.69) is 10.3 Å². The summed E-state index contributed by atoms with van der Waals surface area (Å²) in [5.41, 5.74) is 0.216. The normalized spacial score (nSPS) is 12.4. The van der Waals surface area contributed by atoms with Crippen molar-refractivity contribution in [2.45, 2.75) is 45.4 Å². The van der Waals surface area contributed by atoms with E-state index in [0.29, 0.717) is 36.3 Å². The second-order valence-corrected chi connectivity index (χ2v) is 7.25. The van der Waals surface area contributed by atoms with Crippen molar-refractivity contribution in [2.24, 2.45) is 14.1 Å². The Kier molecular flexibility index (Phi) is 6.17. The van der Waals surface area contributed by atoms with Crippen molar-refractivity contribution in [1.29, 1.82) is 0 Å². The second-order valence-electron chi connectivity index (χ2n) is 7.25. The molecular formula is C20H26FN5O3. The van der Waals surface area contributed by atoms with Gasteiger partial charge in [0.2, 0.25) is 5.95 Å². The van der Waals surface area contributed by atoms with Crippen LogP contribution in [0.2, 0.25) is 0 Å². The molecule has 0 amide bonds. The lowest BCUT2D eigenvalue weighted by molar-refractivity contribution is 0.180. The number of benzene rings is 1. The van der Waals surface area contributed by atoms with Crippen LogP contribution in [0.25, 0.3) is 11.2 Å².